The number of amides is 1. The Morgan fingerprint density at radius 1 is 1.16 bits per heavy atom. The maximum absolute atomic E-state index is 12.4. The van der Waals surface area contributed by atoms with E-state index in [1.54, 1.807) is 30.1 Å². The molecule has 7 heteroatoms. The molecule has 0 saturated carbocycles. The molecule has 134 valence electrons. The fourth-order valence-electron chi connectivity index (χ4n) is 2.26. The van der Waals surface area contributed by atoms with Crippen LogP contribution in [0.2, 0.25) is 5.02 Å². The van der Waals surface area contributed by atoms with Gasteiger partial charge in [0.15, 0.2) is 0 Å². The predicted octanol–water partition coefficient (Wildman–Crippen LogP) is 4.01. The molecule has 0 radical (unpaired) electrons. The van der Waals surface area contributed by atoms with E-state index in [9.17, 15) is 13.2 Å². The van der Waals surface area contributed by atoms with Crippen molar-refractivity contribution >= 4 is 33.2 Å². The third kappa shape index (κ3) is 5.21. The molecule has 2 aromatic rings. The molecule has 0 spiro atoms. The van der Waals surface area contributed by atoms with Gasteiger partial charge in [0.1, 0.15) is 0 Å². The molecule has 1 N–H and O–H groups in total. The second-order valence-electron chi connectivity index (χ2n) is 5.72. The number of rotatable bonds is 7. The molecule has 0 bridgehead atoms. The fourth-order valence-corrected chi connectivity index (χ4v) is 3.50. The Balaban J connectivity index is 2.14. The van der Waals surface area contributed by atoms with Crippen LogP contribution in [-0.4, -0.2) is 32.8 Å². The van der Waals surface area contributed by atoms with E-state index in [4.69, 9.17) is 11.6 Å². The number of benzene rings is 2. The smallest absolute Gasteiger partial charge is 0.261 e. The van der Waals surface area contributed by atoms with E-state index in [1.165, 1.54) is 30.3 Å². The van der Waals surface area contributed by atoms with E-state index in [0.29, 0.717) is 22.8 Å². The second kappa shape index (κ2) is 8.36. The van der Waals surface area contributed by atoms with E-state index >= 15 is 0 Å². The van der Waals surface area contributed by atoms with E-state index in [1.807, 2.05) is 0 Å². The van der Waals surface area contributed by atoms with Gasteiger partial charge in [-0.25, -0.2) is 8.42 Å². The highest BCUT2D eigenvalue weighted by Gasteiger charge is 2.16. The monoisotopic (exact) mass is 380 g/mol. The molecule has 0 aliphatic carbocycles. The van der Waals surface area contributed by atoms with Crippen molar-refractivity contribution in [2.75, 3.05) is 18.3 Å². The van der Waals surface area contributed by atoms with Crippen LogP contribution >= 0.6 is 11.6 Å². The summed E-state index contributed by atoms with van der Waals surface area (Å²) >= 11 is 5.86. The average Bonchev–Trinajstić information content (AvgIpc) is 2.58. The van der Waals surface area contributed by atoms with Gasteiger partial charge >= 0.3 is 0 Å². The molecule has 0 saturated heterocycles. The Morgan fingerprint density at radius 3 is 2.44 bits per heavy atom. The average molecular weight is 381 g/mol. The number of hydrogen-bond donors (Lipinski definition) is 1. The number of sulfonamides is 1. The van der Waals surface area contributed by atoms with Gasteiger partial charge in [-0.2, -0.15) is 0 Å². The first-order valence-corrected chi connectivity index (χ1v) is 9.83. The summed E-state index contributed by atoms with van der Waals surface area (Å²) < 4.78 is 27.3. The normalized spacial score (nSPS) is 11.2. The summed E-state index contributed by atoms with van der Waals surface area (Å²) in [6.07, 6.45) is 1.93. The lowest BCUT2D eigenvalue weighted by Gasteiger charge is -2.17. The van der Waals surface area contributed by atoms with Gasteiger partial charge in [0.2, 0.25) is 0 Å². The molecule has 2 rings (SSSR count). The van der Waals surface area contributed by atoms with Crippen molar-refractivity contribution in [1.29, 1.82) is 0 Å². The van der Waals surface area contributed by atoms with Crippen molar-refractivity contribution in [2.45, 2.75) is 24.7 Å². The summed E-state index contributed by atoms with van der Waals surface area (Å²) in [5, 5.41) is 0.441. The lowest BCUT2D eigenvalue weighted by molar-refractivity contribution is 0.0793. The number of nitrogens with one attached hydrogen (secondary N) is 1. The van der Waals surface area contributed by atoms with Crippen LogP contribution in [0, 0.1) is 0 Å². The van der Waals surface area contributed by atoms with Gasteiger partial charge in [-0.15, -0.1) is 0 Å². The molecular formula is C18H21ClN2O3S. The minimum atomic E-state index is -3.74. The lowest BCUT2D eigenvalue weighted by atomic mass is 10.2. The molecule has 0 aromatic heterocycles. The molecule has 0 aliphatic heterocycles. The van der Waals surface area contributed by atoms with Crippen molar-refractivity contribution in [3.63, 3.8) is 0 Å². The Morgan fingerprint density at radius 2 is 1.84 bits per heavy atom. The zero-order valence-corrected chi connectivity index (χ0v) is 15.8. The first kappa shape index (κ1) is 19.3. The molecule has 1 amide bonds. The molecule has 0 atom stereocenters. The summed E-state index contributed by atoms with van der Waals surface area (Å²) in [6.45, 7) is 2.73. The summed E-state index contributed by atoms with van der Waals surface area (Å²) in [7, 11) is -2.00. The fraction of sp³-hybridized carbons (Fsp3) is 0.278. The van der Waals surface area contributed by atoms with Crippen LogP contribution in [0.5, 0.6) is 0 Å². The van der Waals surface area contributed by atoms with Gasteiger partial charge in [0, 0.05) is 24.2 Å². The van der Waals surface area contributed by atoms with E-state index in [0.717, 1.165) is 12.8 Å². The van der Waals surface area contributed by atoms with E-state index in [2.05, 4.69) is 11.6 Å². The summed E-state index contributed by atoms with van der Waals surface area (Å²) in [4.78, 5) is 14.0. The second-order valence-corrected chi connectivity index (χ2v) is 7.84. The maximum atomic E-state index is 12.4. The zero-order valence-electron chi connectivity index (χ0n) is 14.2. The van der Waals surface area contributed by atoms with Crippen molar-refractivity contribution in [3.8, 4) is 0 Å². The van der Waals surface area contributed by atoms with Crippen LogP contribution in [0.25, 0.3) is 0 Å². The van der Waals surface area contributed by atoms with Crippen LogP contribution in [0.4, 0.5) is 5.69 Å². The number of hydrogen-bond acceptors (Lipinski definition) is 3. The predicted molar refractivity (Wildman–Crippen MR) is 101 cm³/mol. The van der Waals surface area contributed by atoms with Crippen LogP contribution < -0.4 is 4.72 Å². The SMILES string of the molecule is CCCCN(C)C(=O)c1ccc(S(=O)(=O)Nc2cccc(Cl)c2)cc1. The van der Waals surface area contributed by atoms with Crippen molar-refractivity contribution < 1.29 is 13.2 Å². The molecule has 0 unspecified atom stereocenters. The largest absolute Gasteiger partial charge is 0.342 e. The van der Waals surface area contributed by atoms with Crippen LogP contribution in [-0.2, 0) is 10.0 Å². The number of nitrogens with zero attached hydrogens (tertiary/aromatic N) is 1. The third-order valence-electron chi connectivity index (χ3n) is 3.68. The van der Waals surface area contributed by atoms with Gasteiger partial charge in [0.25, 0.3) is 15.9 Å². The number of carbonyl (C=O) groups is 1. The third-order valence-corrected chi connectivity index (χ3v) is 5.31. The Hall–Kier alpha value is -2.05. The van der Waals surface area contributed by atoms with Gasteiger partial charge in [0.05, 0.1) is 10.6 Å². The first-order chi connectivity index (χ1) is 11.8. The molecule has 25 heavy (non-hydrogen) atoms. The van der Waals surface area contributed by atoms with Gasteiger partial charge < -0.3 is 4.90 Å². The van der Waals surface area contributed by atoms with E-state index in [-0.39, 0.29) is 10.8 Å². The van der Waals surface area contributed by atoms with E-state index < -0.39 is 10.0 Å². The van der Waals surface area contributed by atoms with Crippen LogP contribution in [0.3, 0.4) is 0 Å². The molecule has 5 nitrogen and oxygen atoms in total. The Labute approximate surface area is 153 Å². The quantitative estimate of drug-likeness (QED) is 0.789. The highest BCUT2D eigenvalue weighted by molar-refractivity contribution is 7.92. The minimum absolute atomic E-state index is 0.0836. The van der Waals surface area contributed by atoms with Crippen LogP contribution in [0.15, 0.2) is 53.4 Å². The number of anilines is 1. The number of halogens is 1. The van der Waals surface area contributed by atoms with Crippen molar-refractivity contribution in [3.05, 3.63) is 59.1 Å². The minimum Gasteiger partial charge on any atom is -0.342 e. The molecule has 0 heterocycles. The summed E-state index contributed by atoms with van der Waals surface area (Å²) in [6, 6.07) is 12.4. The lowest BCUT2D eigenvalue weighted by Crippen LogP contribution is -2.27. The standard InChI is InChI=1S/C18H21ClN2O3S/c1-3-4-12-21(2)18(22)14-8-10-17(11-9-14)25(23,24)20-16-7-5-6-15(19)13-16/h5-11,13,20H,3-4,12H2,1-2H3. The first-order valence-electron chi connectivity index (χ1n) is 7.97. The molecule has 0 fully saturated rings. The highest BCUT2D eigenvalue weighted by Crippen LogP contribution is 2.20. The maximum Gasteiger partial charge on any atom is 0.261 e. The van der Waals surface area contributed by atoms with Gasteiger partial charge in [-0.05, 0) is 48.9 Å². The molecular weight excluding hydrogens is 360 g/mol. The topological polar surface area (TPSA) is 66.5 Å². The number of unbranched alkanes of at least 4 members (excludes halogenated alkanes) is 1. The van der Waals surface area contributed by atoms with Crippen molar-refractivity contribution in [2.24, 2.45) is 0 Å². The number of carbonyl (C=O) groups excluding carboxylic acids is 1. The van der Waals surface area contributed by atoms with Gasteiger partial charge in [-0.1, -0.05) is 31.0 Å². The van der Waals surface area contributed by atoms with Crippen LogP contribution in [0.1, 0.15) is 30.1 Å². The highest BCUT2D eigenvalue weighted by atomic mass is 35.5. The Kier molecular flexibility index (Phi) is 6.45. The summed E-state index contributed by atoms with van der Waals surface area (Å²) in [5.74, 6) is -0.125. The van der Waals surface area contributed by atoms with Crippen molar-refractivity contribution in [1.82, 2.24) is 4.90 Å². The Bertz CT molecular complexity index is 836. The zero-order chi connectivity index (χ0) is 18.4. The van der Waals surface area contributed by atoms with Gasteiger partial charge in [-0.3, -0.25) is 9.52 Å². The summed E-state index contributed by atoms with van der Waals surface area (Å²) in [5.41, 5.74) is 0.840. The molecule has 2 aromatic carbocycles. The molecule has 0 aliphatic rings.